The summed E-state index contributed by atoms with van der Waals surface area (Å²) >= 11 is 6.21. The minimum Gasteiger partial charge on any atom is -0.476 e. The van der Waals surface area contributed by atoms with Crippen LogP contribution in [0.1, 0.15) is 21.6 Å². The van der Waals surface area contributed by atoms with E-state index in [9.17, 15) is 4.79 Å². The lowest BCUT2D eigenvalue weighted by molar-refractivity contribution is 0.0689. The van der Waals surface area contributed by atoms with Crippen LogP contribution in [-0.4, -0.2) is 20.9 Å². The van der Waals surface area contributed by atoms with E-state index in [1.165, 1.54) is 10.7 Å². The lowest BCUT2D eigenvalue weighted by Gasteiger charge is -2.10. The zero-order valence-corrected chi connectivity index (χ0v) is 11.1. The van der Waals surface area contributed by atoms with E-state index in [4.69, 9.17) is 16.7 Å². The topological polar surface area (TPSA) is 55.1 Å². The molecule has 2 aromatic rings. The molecule has 0 fully saturated rings. The highest BCUT2D eigenvalue weighted by atomic mass is 35.5. The number of aromatic carboxylic acids is 1. The number of carboxylic acid groups (broad SMARTS) is 1. The molecule has 0 atom stereocenters. The minimum absolute atomic E-state index is 0.0180. The van der Waals surface area contributed by atoms with Crippen LogP contribution in [0.2, 0.25) is 5.02 Å². The number of benzene rings is 1. The van der Waals surface area contributed by atoms with Gasteiger partial charge in [-0.15, -0.1) is 0 Å². The summed E-state index contributed by atoms with van der Waals surface area (Å²) in [6.07, 6.45) is 0. The van der Waals surface area contributed by atoms with Crippen LogP contribution < -0.4 is 0 Å². The zero-order valence-electron chi connectivity index (χ0n) is 10.4. The molecule has 1 N–H and O–H groups in total. The molecule has 5 heteroatoms. The minimum atomic E-state index is -1.04. The Morgan fingerprint density at radius 3 is 2.61 bits per heavy atom. The van der Waals surface area contributed by atoms with Crippen molar-refractivity contribution in [3.63, 3.8) is 0 Å². The fourth-order valence-corrected chi connectivity index (χ4v) is 2.20. The maximum atomic E-state index is 10.9. The Labute approximate surface area is 110 Å². The molecule has 0 spiro atoms. The average Bonchev–Trinajstić information content (AvgIpc) is 2.67. The van der Waals surface area contributed by atoms with Crippen molar-refractivity contribution in [2.75, 3.05) is 0 Å². The van der Waals surface area contributed by atoms with E-state index in [-0.39, 0.29) is 5.69 Å². The third kappa shape index (κ3) is 1.99. The molecular formula is C13H13ClN2O2. The molecule has 18 heavy (non-hydrogen) atoms. The number of carbonyl (C=O) groups is 1. The number of carboxylic acids is 1. The summed E-state index contributed by atoms with van der Waals surface area (Å²) in [5.41, 5.74) is 3.69. The highest BCUT2D eigenvalue weighted by Gasteiger charge is 2.17. The second-order valence-electron chi connectivity index (χ2n) is 4.21. The van der Waals surface area contributed by atoms with Gasteiger partial charge in [0.25, 0.3) is 0 Å². The number of hydrogen-bond acceptors (Lipinski definition) is 2. The lowest BCUT2D eigenvalue weighted by Crippen LogP contribution is -2.00. The van der Waals surface area contributed by atoms with Gasteiger partial charge in [0.15, 0.2) is 5.69 Å². The Bertz CT molecular complexity index is 632. The Hall–Kier alpha value is -1.81. The predicted molar refractivity (Wildman–Crippen MR) is 70.1 cm³/mol. The summed E-state index contributed by atoms with van der Waals surface area (Å²) in [6.45, 7) is 3.95. The fourth-order valence-electron chi connectivity index (χ4n) is 1.90. The fraction of sp³-hybridized carbons (Fsp3) is 0.231. The molecule has 1 heterocycles. The quantitative estimate of drug-likeness (QED) is 0.907. The first-order chi connectivity index (χ1) is 8.41. The summed E-state index contributed by atoms with van der Waals surface area (Å²) in [5, 5.41) is 13.5. The number of aromatic nitrogens is 2. The van der Waals surface area contributed by atoms with Gasteiger partial charge in [-0.05, 0) is 37.1 Å². The van der Waals surface area contributed by atoms with Crippen LogP contribution in [0.15, 0.2) is 18.2 Å². The van der Waals surface area contributed by atoms with E-state index >= 15 is 0 Å². The maximum absolute atomic E-state index is 10.9. The molecule has 0 amide bonds. The SMILES string of the molecule is Cc1ccc(Cl)c(-c2cc(C(=O)O)nn2C)c1C. The van der Waals surface area contributed by atoms with Gasteiger partial charge in [-0.2, -0.15) is 5.10 Å². The molecule has 0 radical (unpaired) electrons. The van der Waals surface area contributed by atoms with Crippen LogP contribution >= 0.6 is 11.6 Å². The molecule has 1 aromatic heterocycles. The van der Waals surface area contributed by atoms with Crippen molar-refractivity contribution in [2.45, 2.75) is 13.8 Å². The van der Waals surface area contributed by atoms with Crippen molar-refractivity contribution < 1.29 is 9.90 Å². The molecular weight excluding hydrogens is 252 g/mol. The van der Waals surface area contributed by atoms with Crippen molar-refractivity contribution in [3.05, 3.63) is 40.0 Å². The van der Waals surface area contributed by atoms with Gasteiger partial charge in [-0.25, -0.2) is 4.79 Å². The van der Waals surface area contributed by atoms with Gasteiger partial charge < -0.3 is 5.11 Å². The third-order valence-electron chi connectivity index (χ3n) is 3.04. The number of nitrogens with zero attached hydrogens (tertiary/aromatic N) is 2. The molecule has 0 bridgehead atoms. The highest BCUT2D eigenvalue weighted by Crippen LogP contribution is 2.33. The third-order valence-corrected chi connectivity index (χ3v) is 3.36. The second kappa shape index (κ2) is 4.46. The molecule has 2 rings (SSSR count). The van der Waals surface area contributed by atoms with Gasteiger partial charge in [-0.3, -0.25) is 4.68 Å². The van der Waals surface area contributed by atoms with Crippen LogP contribution in [0.5, 0.6) is 0 Å². The first-order valence-corrected chi connectivity index (χ1v) is 5.83. The number of halogens is 1. The standard InChI is InChI=1S/C13H13ClN2O2/c1-7-4-5-9(14)12(8(7)2)11-6-10(13(17)18)15-16(11)3/h4-6H,1-3H3,(H,17,18). The summed E-state index contributed by atoms with van der Waals surface area (Å²) < 4.78 is 1.54. The Kier molecular flexibility index (Phi) is 3.13. The number of rotatable bonds is 2. The van der Waals surface area contributed by atoms with Gasteiger partial charge >= 0.3 is 5.97 Å². The summed E-state index contributed by atoms with van der Waals surface area (Å²) in [4.78, 5) is 10.9. The second-order valence-corrected chi connectivity index (χ2v) is 4.62. The zero-order chi connectivity index (χ0) is 13.4. The Morgan fingerprint density at radius 2 is 2.06 bits per heavy atom. The lowest BCUT2D eigenvalue weighted by atomic mass is 10.0. The molecule has 1 aromatic carbocycles. The largest absolute Gasteiger partial charge is 0.476 e. The molecule has 0 unspecified atom stereocenters. The summed E-state index contributed by atoms with van der Waals surface area (Å²) in [6, 6.07) is 5.29. The molecule has 94 valence electrons. The average molecular weight is 265 g/mol. The first-order valence-electron chi connectivity index (χ1n) is 5.45. The first kappa shape index (κ1) is 12.6. The highest BCUT2D eigenvalue weighted by molar-refractivity contribution is 6.33. The number of hydrogen-bond donors (Lipinski definition) is 1. The van der Waals surface area contributed by atoms with Gasteiger partial charge in [0, 0.05) is 12.6 Å². The monoisotopic (exact) mass is 264 g/mol. The number of aryl methyl sites for hydroxylation is 2. The van der Waals surface area contributed by atoms with Crippen molar-refractivity contribution in [3.8, 4) is 11.3 Å². The van der Waals surface area contributed by atoms with Crippen LogP contribution in [0.4, 0.5) is 0 Å². The molecule has 0 aliphatic rings. The van der Waals surface area contributed by atoms with E-state index in [2.05, 4.69) is 5.10 Å². The van der Waals surface area contributed by atoms with Crippen molar-refractivity contribution in [2.24, 2.45) is 7.05 Å². The van der Waals surface area contributed by atoms with E-state index in [0.29, 0.717) is 10.7 Å². The van der Waals surface area contributed by atoms with Gasteiger partial charge in [-0.1, -0.05) is 17.7 Å². The van der Waals surface area contributed by atoms with E-state index in [1.54, 1.807) is 7.05 Å². The van der Waals surface area contributed by atoms with E-state index in [0.717, 1.165) is 16.7 Å². The van der Waals surface area contributed by atoms with Crippen molar-refractivity contribution in [1.29, 1.82) is 0 Å². The summed E-state index contributed by atoms with van der Waals surface area (Å²) in [5.74, 6) is -1.04. The van der Waals surface area contributed by atoms with E-state index in [1.807, 2.05) is 26.0 Å². The van der Waals surface area contributed by atoms with Crippen molar-refractivity contribution >= 4 is 17.6 Å². The van der Waals surface area contributed by atoms with Crippen LogP contribution in [0.3, 0.4) is 0 Å². The molecule has 0 aliphatic carbocycles. The molecule has 4 nitrogen and oxygen atoms in total. The van der Waals surface area contributed by atoms with Crippen LogP contribution in [0, 0.1) is 13.8 Å². The van der Waals surface area contributed by atoms with Crippen LogP contribution in [-0.2, 0) is 7.05 Å². The summed E-state index contributed by atoms with van der Waals surface area (Å²) in [7, 11) is 1.71. The molecule has 0 saturated carbocycles. The molecule has 0 aliphatic heterocycles. The Balaban J connectivity index is 2.69. The normalized spacial score (nSPS) is 10.7. The van der Waals surface area contributed by atoms with E-state index < -0.39 is 5.97 Å². The predicted octanol–water partition coefficient (Wildman–Crippen LogP) is 3.06. The van der Waals surface area contributed by atoms with Gasteiger partial charge in [0.1, 0.15) is 0 Å². The maximum Gasteiger partial charge on any atom is 0.356 e. The molecule has 0 saturated heterocycles. The smallest absolute Gasteiger partial charge is 0.356 e. The van der Waals surface area contributed by atoms with Crippen molar-refractivity contribution in [1.82, 2.24) is 9.78 Å². The van der Waals surface area contributed by atoms with Crippen LogP contribution in [0.25, 0.3) is 11.3 Å². The van der Waals surface area contributed by atoms with Gasteiger partial charge in [0.05, 0.1) is 10.7 Å². The Morgan fingerprint density at radius 1 is 1.39 bits per heavy atom. The van der Waals surface area contributed by atoms with Gasteiger partial charge in [0.2, 0.25) is 0 Å².